The van der Waals surface area contributed by atoms with Crippen LogP contribution in [0.2, 0.25) is 10.0 Å². The Bertz CT molecular complexity index is 1300. The molecule has 1 aromatic carbocycles. The Balaban J connectivity index is 1.65. The first-order valence-electron chi connectivity index (χ1n) is 11.0. The van der Waals surface area contributed by atoms with Crippen LogP contribution in [0.4, 0.5) is 19.1 Å². The number of nitrogens with one attached hydrogen (secondary N) is 2. The second kappa shape index (κ2) is 11.0. The normalized spacial score (nSPS) is 16.0. The number of anilines is 1. The van der Waals surface area contributed by atoms with E-state index in [0.29, 0.717) is 31.6 Å². The molecule has 1 unspecified atom stereocenters. The fraction of sp³-hybridized carbons (Fsp3) is 0.364. The summed E-state index contributed by atoms with van der Waals surface area (Å²) in [5.41, 5.74) is -1.03. The summed E-state index contributed by atoms with van der Waals surface area (Å²) < 4.78 is 56.3. The number of halogens is 5. The van der Waals surface area contributed by atoms with Crippen molar-refractivity contribution in [3.8, 4) is 17.1 Å². The molecule has 1 atom stereocenters. The van der Waals surface area contributed by atoms with E-state index in [4.69, 9.17) is 23.2 Å². The topological polar surface area (TPSA) is 111 Å². The summed E-state index contributed by atoms with van der Waals surface area (Å²) in [5.74, 6) is -0.404. The van der Waals surface area contributed by atoms with E-state index in [1.165, 1.54) is 36.3 Å². The van der Waals surface area contributed by atoms with Crippen LogP contribution >= 0.6 is 23.2 Å². The second-order valence-corrected chi connectivity index (χ2v) is 10.4. The van der Waals surface area contributed by atoms with Crippen molar-refractivity contribution in [2.75, 3.05) is 31.7 Å². The van der Waals surface area contributed by atoms with Crippen molar-refractivity contribution in [3.05, 3.63) is 52.0 Å². The van der Waals surface area contributed by atoms with Gasteiger partial charge in [-0.05, 0) is 25.0 Å². The average molecular weight is 576 g/mol. The Morgan fingerprint density at radius 1 is 1.19 bits per heavy atom. The zero-order valence-corrected chi connectivity index (χ0v) is 22.0. The first-order chi connectivity index (χ1) is 17.5. The molecule has 2 aromatic heterocycles. The van der Waals surface area contributed by atoms with Gasteiger partial charge < -0.3 is 19.8 Å². The maximum atomic E-state index is 13.8. The lowest BCUT2D eigenvalue weighted by Gasteiger charge is -2.31. The van der Waals surface area contributed by atoms with Crippen LogP contribution in [-0.2, 0) is 17.5 Å². The minimum Gasteiger partial charge on any atom is -0.598 e. The van der Waals surface area contributed by atoms with Crippen molar-refractivity contribution < 1.29 is 22.5 Å². The molecule has 1 saturated heterocycles. The van der Waals surface area contributed by atoms with Gasteiger partial charge in [0.1, 0.15) is 29.5 Å². The van der Waals surface area contributed by atoms with Gasteiger partial charge >= 0.3 is 6.18 Å². The minimum atomic E-state index is -4.72. The van der Waals surface area contributed by atoms with Crippen LogP contribution in [-0.4, -0.2) is 66.7 Å². The Morgan fingerprint density at radius 3 is 2.51 bits per heavy atom. The summed E-state index contributed by atoms with van der Waals surface area (Å²) in [6.07, 6.45) is 1.51. The highest BCUT2D eigenvalue weighted by molar-refractivity contribution is 7.88. The Kier molecular flexibility index (Phi) is 8.19. The summed E-state index contributed by atoms with van der Waals surface area (Å²) in [4.78, 5) is 24.1. The molecular weight excluding hydrogens is 554 g/mol. The van der Waals surface area contributed by atoms with E-state index in [0.717, 1.165) is 6.20 Å². The van der Waals surface area contributed by atoms with Crippen LogP contribution in [0.3, 0.4) is 0 Å². The van der Waals surface area contributed by atoms with Crippen molar-refractivity contribution in [2.24, 2.45) is 0 Å². The van der Waals surface area contributed by atoms with E-state index in [-0.39, 0.29) is 33.3 Å². The third kappa shape index (κ3) is 5.96. The Hall–Kier alpha value is -2.58. The van der Waals surface area contributed by atoms with Gasteiger partial charge in [0.2, 0.25) is 5.95 Å². The summed E-state index contributed by atoms with van der Waals surface area (Å²) in [7, 11) is 1.45. The van der Waals surface area contributed by atoms with Crippen LogP contribution in [0.15, 0.2) is 30.9 Å². The highest BCUT2D eigenvalue weighted by Gasteiger charge is 2.36. The zero-order valence-electron chi connectivity index (χ0n) is 19.6. The Morgan fingerprint density at radius 2 is 1.89 bits per heavy atom. The van der Waals surface area contributed by atoms with Crippen LogP contribution in [0.5, 0.6) is 0 Å². The predicted octanol–water partition coefficient (Wildman–Crippen LogP) is 4.18. The maximum absolute atomic E-state index is 13.8. The number of carbonyl (C=O) groups excluding carboxylic acids is 1. The SMILES string of the molecule is CNC(=O)c1ccc(-n2cnc(-c3nc(NC4CCN([S+](C)[O-])CC4)ncc3C(F)(F)F)c2)c(Cl)c1Cl. The number of hydrogen-bond donors (Lipinski definition) is 2. The van der Waals surface area contributed by atoms with Crippen LogP contribution in [0, 0.1) is 0 Å². The highest BCUT2D eigenvalue weighted by atomic mass is 35.5. The largest absolute Gasteiger partial charge is 0.598 e. The molecule has 0 aliphatic carbocycles. The van der Waals surface area contributed by atoms with Gasteiger partial charge in [0.05, 0.1) is 21.3 Å². The fourth-order valence-corrected chi connectivity index (χ4v) is 5.15. The lowest BCUT2D eigenvalue weighted by Crippen LogP contribution is -2.42. The fourth-order valence-electron chi connectivity index (χ4n) is 3.92. The molecule has 2 N–H and O–H groups in total. The Labute approximate surface area is 223 Å². The van der Waals surface area contributed by atoms with Gasteiger partial charge in [-0.15, -0.1) is 4.31 Å². The minimum absolute atomic E-state index is 0.00350. The number of hydrogen-bond acceptors (Lipinski definition) is 7. The molecule has 3 heterocycles. The first kappa shape index (κ1) is 27.5. The standard InChI is InChI=1S/C22H22Cl2F3N7O2S/c1-28-20(35)13-3-4-16(18(24)17(13)23)33-10-15(30-11-33)19-14(22(25,26)27)9-29-21(32-19)31-12-5-7-34(8-6-12)37(2)36/h3-4,9-12H,5-8H2,1-2H3,(H,28,35)(H,29,31,32). The lowest BCUT2D eigenvalue weighted by atomic mass is 10.1. The van der Waals surface area contributed by atoms with E-state index >= 15 is 0 Å². The monoisotopic (exact) mass is 575 g/mol. The molecule has 198 valence electrons. The van der Waals surface area contributed by atoms with Crippen LogP contribution in [0.25, 0.3) is 17.1 Å². The third-order valence-electron chi connectivity index (χ3n) is 5.88. The van der Waals surface area contributed by atoms with Gasteiger partial charge in [-0.3, -0.25) is 4.79 Å². The number of alkyl halides is 3. The number of rotatable bonds is 6. The van der Waals surface area contributed by atoms with E-state index in [1.54, 1.807) is 6.26 Å². The molecule has 1 fully saturated rings. The molecule has 9 nitrogen and oxygen atoms in total. The van der Waals surface area contributed by atoms with Gasteiger partial charge in [-0.1, -0.05) is 23.2 Å². The summed E-state index contributed by atoms with van der Waals surface area (Å²) in [6, 6.07) is 2.88. The van der Waals surface area contributed by atoms with Crippen molar-refractivity contribution in [3.63, 3.8) is 0 Å². The molecule has 15 heteroatoms. The summed E-state index contributed by atoms with van der Waals surface area (Å²) >= 11 is 11.5. The van der Waals surface area contributed by atoms with E-state index in [9.17, 15) is 22.5 Å². The van der Waals surface area contributed by atoms with E-state index < -0.39 is 34.7 Å². The molecule has 37 heavy (non-hydrogen) atoms. The highest BCUT2D eigenvalue weighted by Crippen LogP contribution is 2.37. The number of aromatic nitrogens is 4. The average Bonchev–Trinajstić information content (AvgIpc) is 3.35. The maximum Gasteiger partial charge on any atom is 0.420 e. The van der Waals surface area contributed by atoms with E-state index in [1.807, 2.05) is 4.31 Å². The van der Waals surface area contributed by atoms with Crippen molar-refractivity contribution in [2.45, 2.75) is 25.1 Å². The first-order valence-corrected chi connectivity index (χ1v) is 13.3. The van der Waals surface area contributed by atoms with Gasteiger partial charge in [0, 0.05) is 49.9 Å². The molecular formula is C22H22Cl2F3N7O2S. The lowest BCUT2D eigenvalue weighted by molar-refractivity contribution is -0.137. The molecule has 0 bridgehead atoms. The molecule has 1 aliphatic rings. The summed E-state index contributed by atoms with van der Waals surface area (Å²) in [6.45, 7) is 1.17. The molecule has 0 spiro atoms. The molecule has 1 aliphatic heterocycles. The smallest absolute Gasteiger partial charge is 0.420 e. The van der Waals surface area contributed by atoms with Gasteiger partial charge in [0.15, 0.2) is 0 Å². The van der Waals surface area contributed by atoms with Gasteiger partial charge in [0.25, 0.3) is 5.91 Å². The number of benzene rings is 1. The molecule has 0 radical (unpaired) electrons. The number of piperidine rings is 1. The van der Waals surface area contributed by atoms with Crippen molar-refractivity contribution in [1.29, 1.82) is 0 Å². The zero-order chi connectivity index (χ0) is 26.9. The molecule has 1 amide bonds. The quantitative estimate of drug-likeness (QED) is 0.424. The molecule has 3 aromatic rings. The van der Waals surface area contributed by atoms with Crippen LogP contribution in [0.1, 0.15) is 28.8 Å². The number of carbonyl (C=O) groups is 1. The van der Waals surface area contributed by atoms with Crippen molar-refractivity contribution in [1.82, 2.24) is 29.1 Å². The third-order valence-corrected chi connectivity index (χ3v) is 7.85. The van der Waals surface area contributed by atoms with Gasteiger partial charge in [-0.2, -0.15) is 13.2 Å². The summed E-state index contributed by atoms with van der Waals surface area (Å²) in [5, 5.41) is 5.56. The van der Waals surface area contributed by atoms with E-state index in [2.05, 4.69) is 25.6 Å². The number of amides is 1. The van der Waals surface area contributed by atoms with Gasteiger partial charge in [-0.25, -0.2) is 15.0 Å². The number of nitrogens with zero attached hydrogens (tertiary/aromatic N) is 5. The van der Waals surface area contributed by atoms with Crippen molar-refractivity contribution >= 4 is 46.4 Å². The number of imidazole rings is 1. The second-order valence-electron chi connectivity index (χ2n) is 8.23. The molecule has 4 rings (SSSR count). The van der Waals surface area contributed by atoms with Crippen LogP contribution < -0.4 is 10.6 Å². The predicted molar refractivity (Wildman–Crippen MR) is 135 cm³/mol. The molecule has 0 saturated carbocycles.